The summed E-state index contributed by atoms with van der Waals surface area (Å²) in [7, 11) is 0. The van der Waals surface area contributed by atoms with Crippen molar-refractivity contribution in [3.05, 3.63) is 0 Å². The predicted molar refractivity (Wildman–Crippen MR) is 52.8 cm³/mol. The quantitative estimate of drug-likeness (QED) is 0.522. The molecule has 1 fully saturated rings. The van der Waals surface area contributed by atoms with Crippen LogP contribution in [0.15, 0.2) is 0 Å². The first-order valence-electron chi connectivity index (χ1n) is 5.03. The number of esters is 1. The van der Waals surface area contributed by atoms with E-state index in [4.69, 9.17) is 16.3 Å². The fourth-order valence-corrected chi connectivity index (χ4v) is 2.06. The lowest BCUT2D eigenvalue weighted by Crippen LogP contribution is -2.30. The minimum absolute atomic E-state index is 0.0209. The summed E-state index contributed by atoms with van der Waals surface area (Å²) in [5.74, 6) is 0.264. The SMILES string of the molecule is CCC1CCCCC1OC(=O)CCl. The van der Waals surface area contributed by atoms with Gasteiger partial charge in [0.1, 0.15) is 12.0 Å². The fraction of sp³-hybridized carbons (Fsp3) is 0.900. The molecule has 0 amide bonds. The van der Waals surface area contributed by atoms with Crippen LogP contribution in [0.5, 0.6) is 0 Å². The van der Waals surface area contributed by atoms with Crippen molar-refractivity contribution in [2.75, 3.05) is 5.88 Å². The molecular formula is C10H17ClO2. The Morgan fingerprint density at radius 1 is 1.46 bits per heavy atom. The molecule has 0 aromatic carbocycles. The highest BCUT2D eigenvalue weighted by Crippen LogP contribution is 2.29. The van der Waals surface area contributed by atoms with Crippen molar-refractivity contribution < 1.29 is 9.53 Å². The molecule has 0 aromatic rings. The summed E-state index contributed by atoms with van der Waals surface area (Å²) in [6.07, 6.45) is 5.88. The van der Waals surface area contributed by atoms with E-state index < -0.39 is 0 Å². The fourth-order valence-electron chi connectivity index (χ4n) is 2.00. The summed E-state index contributed by atoms with van der Waals surface area (Å²) >= 11 is 5.39. The second kappa shape index (κ2) is 5.48. The van der Waals surface area contributed by atoms with E-state index in [0.29, 0.717) is 5.92 Å². The molecule has 1 aliphatic rings. The number of hydrogen-bond acceptors (Lipinski definition) is 2. The molecule has 2 atom stereocenters. The van der Waals surface area contributed by atoms with Crippen LogP contribution in [0.4, 0.5) is 0 Å². The van der Waals surface area contributed by atoms with Crippen LogP contribution >= 0.6 is 11.6 Å². The summed E-state index contributed by atoms with van der Waals surface area (Å²) in [6, 6.07) is 0. The van der Waals surface area contributed by atoms with Gasteiger partial charge in [-0.2, -0.15) is 0 Å². The molecule has 0 spiro atoms. The Labute approximate surface area is 84.6 Å². The summed E-state index contributed by atoms with van der Waals surface area (Å²) in [5, 5.41) is 0. The first-order chi connectivity index (χ1) is 6.27. The van der Waals surface area contributed by atoms with Crippen LogP contribution < -0.4 is 0 Å². The van der Waals surface area contributed by atoms with Crippen LogP contribution in [-0.2, 0) is 9.53 Å². The lowest BCUT2D eigenvalue weighted by atomic mass is 9.85. The van der Waals surface area contributed by atoms with Gasteiger partial charge in [-0.3, -0.25) is 4.79 Å². The minimum atomic E-state index is -0.271. The Balaban J connectivity index is 2.40. The third kappa shape index (κ3) is 3.18. The van der Waals surface area contributed by atoms with Crippen molar-refractivity contribution >= 4 is 17.6 Å². The van der Waals surface area contributed by atoms with Crippen molar-refractivity contribution in [2.45, 2.75) is 45.1 Å². The first kappa shape index (κ1) is 10.8. The Hall–Kier alpha value is -0.240. The van der Waals surface area contributed by atoms with E-state index in [9.17, 15) is 4.79 Å². The highest BCUT2D eigenvalue weighted by atomic mass is 35.5. The van der Waals surface area contributed by atoms with E-state index >= 15 is 0 Å². The molecular weight excluding hydrogens is 188 g/mol. The zero-order chi connectivity index (χ0) is 9.68. The number of carbonyl (C=O) groups is 1. The Bertz CT molecular complexity index is 170. The van der Waals surface area contributed by atoms with Crippen molar-refractivity contribution in [1.29, 1.82) is 0 Å². The molecule has 0 N–H and O–H groups in total. The van der Waals surface area contributed by atoms with Gasteiger partial charge in [0, 0.05) is 0 Å². The molecule has 0 aliphatic heterocycles. The van der Waals surface area contributed by atoms with Gasteiger partial charge in [-0.25, -0.2) is 0 Å². The predicted octanol–water partition coefficient (Wildman–Crippen LogP) is 2.74. The van der Waals surface area contributed by atoms with Crippen LogP contribution in [0.3, 0.4) is 0 Å². The second-order valence-corrected chi connectivity index (χ2v) is 3.88. The number of rotatable bonds is 3. The van der Waals surface area contributed by atoms with Gasteiger partial charge < -0.3 is 4.74 Å². The van der Waals surface area contributed by atoms with E-state index in [1.165, 1.54) is 19.3 Å². The third-order valence-electron chi connectivity index (χ3n) is 2.76. The minimum Gasteiger partial charge on any atom is -0.461 e. The van der Waals surface area contributed by atoms with E-state index in [1.807, 2.05) is 0 Å². The number of halogens is 1. The van der Waals surface area contributed by atoms with Crippen molar-refractivity contribution in [1.82, 2.24) is 0 Å². The van der Waals surface area contributed by atoms with Crippen LogP contribution in [0.25, 0.3) is 0 Å². The molecule has 2 nitrogen and oxygen atoms in total. The van der Waals surface area contributed by atoms with Crippen molar-refractivity contribution in [3.8, 4) is 0 Å². The maximum Gasteiger partial charge on any atom is 0.321 e. The molecule has 0 aromatic heterocycles. The molecule has 0 heterocycles. The molecule has 0 saturated heterocycles. The van der Waals surface area contributed by atoms with Gasteiger partial charge >= 0.3 is 5.97 Å². The Morgan fingerprint density at radius 3 is 2.77 bits per heavy atom. The smallest absolute Gasteiger partial charge is 0.321 e. The van der Waals surface area contributed by atoms with Gasteiger partial charge in [-0.05, 0) is 31.6 Å². The maximum absolute atomic E-state index is 11.0. The summed E-state index contributed by atoms with van der Waals surface area (Å²) in [4.78, 5) is 11.0. The number of hydrogen-bond donors (Lipinski definition) is 0. The normalized spacial score (nSPS) is 28.5. The van der Waals surface area contributed by atoms with Gasteiger partial charge in [0.2, 0.25) is 0 Å². The summed E-state index contributed by atoms with van der Waals surface area (Å²) < 4.78 is 5.27. The van der Waals surface area contributed by atoms with E-state index in [-0.39, 0.29) is 18.0 Å². The average molecular weight is 205 g/mol. The van der Waals surface area contributed by atoms with Gasteiger partial charge in [-0.15, -0.1) is 11.6 Å². The highest BCUT2D eigenvalue weighted by Gasteiger charge is 2.26. The zero-order valence-electron chi connectivity index (χ0n) is 8.09. The van der Waals surface area contributed by atoms with Crippen molar-refractivity contribution in [2.24, 2.45) is 5.92 Å². The zero-order valence-corrected chi connectivity index (χ0v) is 8.85. The van der Waals surface area contributed by atoms with Crippen LogP contribution in [-0.4, -0.2) is 18.0 Å². The van der Waals surface area contributed by atoms with E-state index in [2.05, 4.69) is 6.92 Å². The number of alkyl halides is 1. The van der Waals surface area contributed by atoms with Gasteiger partial charge in [0.05, 0.1) is 0 Å². The van der Waals surface area contributed by atoms with Crippen LogP contribution in [0, 0.1) is 5.92 Å². The van der Waals surface area contributed by atoms with Gasteiger partial charge in [-0.1, -0.05) is 13.3 Å². The molecule has 13 heavy (non-hydrogen) atoms. The molecule has 3 heteroatoms. The second-order valence-electron chi connectivity index (χ2n) is 3.61. The van der Waals surface area contributed by atoms with E-state index in [1.54, 1.807) is 0 Å². The molecule has 1 saturated carbocycles. The Morgan fingerprint density at radius 2 is 2.15 bits per heavy atom. The summed E-state index contributed by atoms with van der Waals surface area (Å²) in [5.41, 5.74) is 0. The standard InChI is InChI=1S/C10H17ClO2/c1-2-8-5-3-4-6-9(8)13-10(12)7-11/h8-9H,2-7H2,1H3. The van der Waals surface area contributed by atoms with Gasteiger partial charge in [0.15, 0.2) is 0 Å². The van der Waals surface area contributed by atoms with Crippen LogP contribution in [0.2, 0.25) is 0 Å². The molecule has 1 rings (SSSR count). The average Bonchev–Trinajstić information content (AvgIpc) is 2.18. The summed E-state index contributed by atoms with van der Waals surface area (Å²) in [6.45, 7) is 2.15. The number of ether oxygens (including phenoxy) is 1. The van der Waals surface area contributed by atoms with E-state index in [0.717, 1.165) is 12.8 Å². The molecule has 1 aliphatic carbocycles. The maximum atomic E-state index is 11.0. The lowest BCUT2D eigenvalue weighted by molar-refractivity contribution is -0.150. The first-order valence-corrected chi connectivity index (χ1v) is 5.56. The van der Waals surface area contributed by atoms with Crippen molar-refractivity contribution in [3.63, 3.8) is 0 Å². The molecule has 76 valence electrons. The monoisotopic (exact) mass is 204 g/mol. The third-order valence-corrected chi connectivity index (χ3v) is 2.97. The van der Waals surface area contributed by atoms with Gasteiger partial charge in [0.25, 0.3) is 0 Å². The molecule has 0 radical (unpaired) electrons. The molecule has 2 unspecified atom stereocenters. The number of carbonyl (C=O) groups excluding carboxylic acids is 1. The lowest BCUT2D eigenvalue weighted by Gasteiger charge is -2.30. The highest BCUT2D eigenvalue weighted by molar-refractivity contribution is 6.26. The molecule has 0 bridgehead atoms. The largest absolute Gasteiger partial charge is 0.461 e. The topological polar surface area (TPSA) is 26.3 Å². The van der Waals surface area contributed by atoms with Crippen LogP contribution in [0.1, 0.15) is 39.0 Å². The Kier molecular flexibility index (Phi) is 4.57.